The molecule has 1 N–H and O–H groups in total. The monoisotopic (exact) mass is 302 g/mol. The predicted octanol–water partition coefficient (Wildman–Crippen LogP) is 1.79. The van der Waals surface area contributed by atoms with Crippen LogP contribution in [0.2, 0.25) is 5.15 Å². The molecule has 1 amide bonds. The van der Waals surface area contributed by atoms with Crippen molar-refractivity contribution in [3.8, 4) is 12.3 Å². The minimum absolute atomic E-state index is 0.0960. The third kappa shape index (κ3) is 3.94. The maximum atomic E-state index is 11.8. The lowest BCUT2D eigenvalue weighted by atomic mass is 10.1. The van der Waals surface area contributed by atoms with E-state index in [1.807, 2.05) is 0 Å². The highest BCUT2D eigenvalue weighted by molar-refractivity contribution is 6.29. The lowest BCUT2D eigenvalue weighted by Gasteiger charge is -2.05. The molecule has 0 spiro atoms. The van der Waals surface area contributed by atoms with Gasteiger partial charge in [0.1, 0.15) is 5.15 Å². The molecule has 0 saturated carbocycles. The third-order valence-corrected chi connectivity index (χ3v) is 2.82. The highest BCUT2D eigenvalue weighted by Gasteiger charge is 2.10. The lowest BCUT2D eigenvalue weighted by Crippen LogP contribution is -2.28. The number of amides is 1. The van der Waals surface area contributed by atoms with Crippen LogP contribution in [0.25, 0.3) is 10.9 Å². The van der Waals surface area contributed by atoms with Gasteiger partial charge in [-0.25, -0.2) is 9.78 Å². The zero-order valence-corrected chi connectivity index (χ0v) is 11.7. The minimum Gasteiger partial charge on any atom is -0.452 e. The summed E-state index contributed by atoms with van der Waals surface area (Å²) in [6, 6.07) is 8.23. The number of aromatic nitrogens is 1. The molecule has 0 atom stereocenters. The van der Waals surface area contributed by atoms with Gasteiger partial charge in [-0.2, -0.15) is 0 Å². The molecule has 5 nitrogen and oxygen atoms in total. The van der Waals surface area contributed by atoms with E-state index >= 15 is 0 Å². The van der Waals surface area contributed by atoms with Crippen LogP contribution >= 0.6 is 11.6 Å². The molecule has 21 heavy (non-hydrogen) atoms. The number of pyridine rings is 1. The van der Waals surface area contributed by atoms with E-state index < -0.39 is 11.9 Å². The van der Waals surface area contributed by atoms with Gasteiger partial charge in [-0.1, -0.05) is 17.5 Å². The first kappa shape index (κ1) is 14.8. The summed E-state index contributed by atoms with van der Waals surface area (Å²) < 4.78 is 4.89. The number of carbonyl (C=O) groups excluding carboxylic acids is 2. The maximum absolute atomic E-state index is 11.8. The van der Waals surface area contributed by atoms with Crippen LogP contribution in [-0.4, -0.2) is 30.0 Å². The zero-order chi connectivity index (χ0) is 15.2. The fourth-order valence-electron chi connectivity index (χ4n) is 1.64. The number of rotatable bonds is 4. The van der Waals surface area contributed by atoms with Crippen LogP contribution in [0.1, 0.15) is 10.4 Å². The topological polar surface area (TPSA) is 68.3 Å². The molecule has 0 radical (unpaired) electrons. The number of carbonyl (C=O) groups is 2. The van der Waals surface area contributed by atoms with Gasteiger partial charge in [0, 0.05) is 5.39 Å². The Hall–Kier alpha value is -2.58. The number of hydrogen-bond acceptors (Lipinski definition) is 4. The smallest absolute Gasteiger partial charge is 0.338 e. The normalized spacial score (nSPS) is 9.90. The molecular weight excluding hydrogens is 292 g/mol. The van der Waals surface area contributed by atoms with Crippen LogP contribution in [0.5, 0.6) is 0 Å². The Morgan fingerprint density at radius 3 is 2.90 bits per heavy atom. The first-order valence-corrected chi connectivity index (χ1v) is 6.41. The molecule has 0 fully saturated rings. The summed E-state index contributed by atoms with van der Waals surface area (Å²) in [4.78, 5) is 27.2. The predicted molar refractivity (Wildman–Crippen MR) is 78.9 cm³/mol. The van der Waals surface area contributed by atoms with Gasteiger partial charge in [0.2, 0.25) is 0 Å². The minimum atomic E-state index is -0.595. The van der Waals surface area contributed by atoms with Crippen molar-refractivity contribution in [2.75, 3.05) is 13.2 Å². The molecule has 1 aromatic carbocycles. The van der Waals surface area contributed by atoms with Crippen LogP contribution in [-0.2, 0) is 9.53 Å². The molecule has 2 rings (SSSR count). The van der Waals surface area contributed by atoms with Crippen molar-refractivity contribution in [1.82, 2.24) is 10.3 Å². The first-order valence-electron chi connectivity index (χ1n) is 6.04. The van der Waals surface area contributed by atoms with E-state index in [1.165, 1.54) is 0 Å². The molecule has 0 aliphatic carbocycles. The number of nitrogens with zero attached hydrogens (tertiary/aromatic N) is 1. The summed E-state index contributed by atoms with van der Waals surface area (Å²) in [6.07, 6.45) is 5.00. The van der Waals surface area contributed by atoms with Crippen LogP contribution < -0.4 is 5.32 Å². The molecule has 106 valence electrons. The molecule has 0 bridgehead atoms. The lowest BCUT2D eigenvalue weighted by molar-refractivity contribution is -0.123. The van der Waals surface area contributed by atoms with E-state index in [2.05, 4.69) is 16.2 Å². The van der Waals surface area contributed by atoms with E-state index in [1.54, 1.807) is 30.3 Å². The second-order valence-electron chi connectivity index (χ2n) is 4.10. The second kappa shape index (κ2) is 6.73. The van der Waals surface area contributed by atoms with Crippen LogP contribution in [0.3, 0.4) is 0 Å². The van der Waals surface area contributed by atoms with E-state index in [0.717, 1.165) is 5.39 Å². The largest absolute Gasteiger partial charge is 0.452 e. The SMILES string of the molecule is C#CCNC(=O)COC(=O)c1ccc2nc(Cl)ccc2c1. The van der Waals surface area contributed by atoms with E-state index in [4.69, 9.17) is 22.8 Å². The quantitative estimate of drug-likeness (QED) is 0.531. The molecule has 6 heteroatoms. The van der Waals surface area contributed by atoms with E-state index in [9.17, 15) is 9.59 Å². The fraction of sp³-hybridized carbons (Fsp3) is 0.133. The van der Waals surface area contributed by atoms with Gasteiger partial charge >= 0.3 is 5.97 Å². The van der Waals surface area contributed by atoms with Gasteiger partial charge in [-0.3, -0.25) is 4.79 Å². The first-order chi connectivity index (χ1) is 10.1. The number of benzene rings is 1. The number of esters is 1. The van der Waals surface area contributed by atoms with Gasteiger partial charge in [-0.15, -0.1) is 6.42 Å². The molecule has 0 aliphatic rings. The van der Waals surface area contributed by atoms with Crippen LogP contribution in [0.15, 0.2) is 30.3 Å². The average molecular weight is 303 g/mol. The van der Waals surface area contributed by atoms with Gasteiger partial charge in [0.05, 0.1) is 17.6 Å². The summed E-state index contributed by atoms with van der Waals surface area (Å²) in [6.45, 7) is -0.282. The van der Waals surface area contributed by atoms with Crippen molar-refractivity contribution >= 4 is 34.4 Å². The van der Waals surface area contributed by atoms with Crippen molar-refractivity contribution < 1.29 is 14.3 Å². The number of terminal acetylenes is 1. The summed E-state index contributed by atoms with van der Waals surface area (Å²) in [5, 5.41) is 3.53. The van der Waals surface area contributed by atoms with Crippen molar-refractivity contribution in [1.29, 1.82) is 0 Å². The summed E-state index contributed by atoms with van der Waals surface area (Å²) in [7, 11) is 0. The average Bonchev–Trinajstić information content (AvgIpc) is 2.49. The van der Waals surface area contributed by atoms with Gasteiger partial charge in [0.25, 0.3) is 5.91 Å². The summed E-state index contributed by atoms with van der Waals surface area (Å²) in [5.74, 6) is 1.21. The highest BCUT2D eigenvalue weighted by atomic mass is 35.5. The number of fused-ring (bicyclic) bond motifs is 1. The Kier molecular flexibility index (Phi) is 4.75. The van der Waals surface area contributed by atoms with Crippen molar-refractivity contribution in [3.63, 3.8) is 0 Å². The van der Waals surface area contributed by atoms with Crippen molar-refractivity contribution in [2.24, 2.45) is 0 Å². The molecule has 0 saturated heterocycles. The zero-order valence-electron chi connectivity index (χ0n) is 10.9. The molecule has 0 aliphatic heterocycles. The maximum Gasteiger partial charge on any atom is 0.338 e. The third-order valence-electron chi connectivity index (χ3n) is 2.61. The van der Waals surface area contributed by atoms with Gasteiger partial charge < -0.3 is 10.1 Å². The Labute approximate surface area is 126 Å². The number of ether oxygens (including phenoxy) is 1. The fourth-order valence-corrected chi connectivity index (χ4v) is 1.80. The Bertz CT molecular complexity index is 737. The Balaban J connectivity index is 2.04. The molecule has 1 aromatic heterocycles. The van der Waals surface area contributed by atoms with Crippen LogP contribution in [0.4, 0.5) is 0 Å². The molecule has 1 heterocycles. The molecular formula is C15H11ClN2O3. The van der Waals surface area contributed by atoms with E-state index in [0.29, 0.717) is 16.2 Å². The van der Waals surface area contributed by atoms with E-state index in [-0.39, 0.29) is 13.2 Å². The Morgan fingerprint density at radius 1 is 1.33 bits per heavy atom. The molecule has 2 aromatic rings. The van der Waals surface area contributed by atoms with Crippen molar-refractivity contribution in [2.45, 2.75) is 0 Å². The summed E-state index contributed by atoms with van der Waals surface area (Å²) >= 11 is 5.79. The standard InChI is InChI=1S/C15H11ClN2O3/c1-2-7-17-14(19)9-21-15(20)11-3-5-12-10(8-11)4-6-13(16)18-12/h1,3-6,8H,7,9H2,(H,17,19). The number of hydrogen-bond donors (Lipinski definition) is 1. The summed E-state index contributed by atoms with van der Waals surface area (Å²) in [5.41, 5.74) is 1.00. The number of halogens is 1. The van der Waals surface area contributed by atoms with Crippen molar-refractivity contribution in [3.05, 3.63) is 41.0 Å². The van der Waals surface area contributed by atoms with Gasteiger partial charge in [-0.05, 0) is 30.3 Å². The Morgan fingerprint density at radius 2 is 2.14 bits per heavy atom. The van der Waals surface area contributed by atoms with Gasteiger partial charge in [0.15, 0.2) is 6.61 Å². The van der Waals surface area contributed by atoms with Crippen LogP contribution in [0, 0.1) is 12.3 Å². The highest BCUT2D eigenvalue weighted by Crippen LogP contribution is 2.17. The number of nitrogens with one attached hydrogen (secondary N) is 1. The second-order valence-corrected chi connectivity index (χ2v) is 4.49. The molecule has 0 unspecified atom stereocenters.